The van der Waals surface area contributed by atoms with E-state index < -0.39 is 0 Å². The maximum Gasteiger partial charge on any atom is 0.0704 e. The van der Waals surface area contributed by atoms with Crippen LogP contribution in [0.2, 0.25) is 0 Å². The molecular formula is C21H21N. The van der Waals surface area contributed by atoms with Crippen molar-refractivity contribution < 1.29 is 0 Å². The van der Waals surface area contributed by atoms with Crippen molar-refractivity contribution >= 4 is 0 Å². The number of benzene rings is 2. The predicted molar refractivity (Wildman–Crippen MR) is 93.0 cm³/mol. The van der Waals surface area contributed by atoms with Crippen molar-refractivity contribution in [2.24, 2.45) is 0 Å². The Kier molecular flexibility index (Phi) is 3.81. The number of aryl methyl sites for hydroxylation is 1. The highest BCUT2D eigenvalue weighted by Gasteiger charge is 2.23. The molecule has 22 heavy (non-hydrogen) atoms. The molecule has 0 unspecified atom stereocenters. The fraction of sp³-hybridized carbons (Fsp3) is 0.190. The number of aromatic nitrogens is 1. The molecule has 0 saturated heterocycles. The van der Waals surface area contributed by atoms with Crippen LogP contribution in [0, 0.1) is 6.92 Å². The first-order valence-electron chi connectivity index (χ1n) is 7.66. The van der Waals surface area contributed by atoms with Crippen LogP contribution in [0.15, 0.2) is 72.9 Å². The van der Waals surface area contributed by atoms with Crippen molar-refractivity contribution in [3.8, 4) is 11.3 Å². The van der Waals surface area contributed by atoms with Gasteiger partial charge in [0.05, 0.1) is 5.69 Å². The minimum Gasteiger partial charge on any atom is -0.256 e. The fourth-order valence-corrected chi connectivity index (χ4v) is 2.78. The summed E-state index contributed by atoms with van der Waals surface area (Å²) in [6, 6.07) is 23.5. The van der Waals surface area contributed by atoms with Crippen molar-refractivity contribution in [2.45, 2.75) is 26.2 Å². The lowest BCUT2D eigenvalue weighted by atomic mass is 9.77. The second kappa shape index (κ2) is 5.76. The van der Waals surface area contributed by atoms with Crippen LogP contribution in [-0.4, -0.2) is 4.98 Å². The van der Waals surface area contributed by atoms with Gasteiger partial charge in [-0.05, 0) is 41.8 Å². The molecule has 0 aliphatic heterocycles. The maximum atomic E-state index is 4.51. The third-order valence-electron chi connectivity index (χ3n) is 4.29. The molecule has 0 N–H and O–H groups in total. The highest BCUT2D eigenvalue weighted by atomic mass is 14.7. The maximum absolute atomic E-state index is 4.51. The molecule has 0 fully saturated rings. The summed E-state index contributed by atoms with van der Waals surface area (Å²) in [6.07, 6.45) is 1.87. The molecule has 3 rings (SSSR count). The largest absolute Gasteiger partial charge is 0.256 e. The first kappa shape index (κ1) is 14.5. The van der Waals surface area contributed by atoms with E-state index in [9.17, 15) is 0 Å². The summed E-state index contributed by atoms with van der Waals surface area (Å²) < 4.78 is 0. The molecule has 110 valence electrons. The Hall–Kier alpha value is -2.41. The predicted octanol–water partition coefficient (Wildman–Crippen LogP) is 5.38. The highest BCUT2D eigenvalue weighted by molar-refractivity contribution is 5.61. The van der Waals surface area contributed by atoms with Crippen LogP contribution in [-0.2, 0) is 5.41 Å². The van der Waals surface area contributed by atoms with Crippen molar-refractivity contribution in [1.29, 1.82) is 0 Å². The lowest BCUT2D eigenvalue weighted by Crippen LogP contribution is -2.18. The van der Waals surface area contributed by atoms with Crippen LogP contribution < -0.4 is 0 Å². The first-order valence-corrected chi connectivity index (χ1v) is 7.66. The summed E-state index contributed by atoms with van der Waals surface area (Å²) in [5.41, 5.74) is 6.04. The van der Waals surface area contributed by atoms with Gasteiger partial charge in [-0.1, -0.05) is 62.4 Å². The smallest absolute Gasteiger partial charge is 0.0704 e. The molecule has 0 amide bonds. The lowest BCUT2D eigenvalue weighted by molar-refractivity contribution is 0.641. The number of pyridine rings is 1. The van der Waals surface area contributed by atoms with E-state index >= 15 is 0 Å². The molecule has 1 heteroatoms. The van der Waals surface area contributed by atoms with Crippen molar-refractivity contribution in [1.82, 2.24) is 4.98 Å². The van der Waals surface area contributed by atoms with Gasteiger partial charge >= 0.3 is 0 Å². The van der Waals surface area contributed by atoms with Gasteiger partial charge in [0.1, 0.15) is 0 Å². The van der Waals surface area contributed by atoms with Gasteiger partial charge in [0.2, 0.25) is 0 Å². The monoisotopic (exact) mass is 287 g/mol. The van der Waals surface area contributed by atoms with Gasteiger partial charge < -0.3 is 0 Å². The van der Waals surface area contributed by atoms with Gasteiger partial charge in [0, 0.05) is 17.2 Å². The van der Waals surface area contributed by atoms with Crippen molar-refractivity contribution in [2.75, 3.05) is 0 Å². The third kappa shape index (κ3) is 2.80. The van der Waals surface area contributed by atoms with Crippen molar-refractivity contribution in [3.05, 3.63) is 89.6 Å². The zero-order valence-corrected chi connectivity index (χ0v) is 13.4. The lowest BCUT2D eigenvalue weighted by Gasteiger charge is -2.26. The van der Waals surface area contributed by atoms with Gasteiger partial charge in [-0.25, -0.2) is 0 Å². The Labute approximate surface area is 132 Å². The first-order chi connectivity index (χ1) is 10.6. The summed E-state index contributed by atoms with van der Waals surface area (Å²) in [4.78, 5) is 4.51. The van der Waals surface area contributed by atoms with Crippen LogP contribution in [0.4, 0.5) is 0 Å². The second-order valence-electron chi connectivity index (χ2n) is 6.29. The summed E-state index contributed by atoms with van der Waals surface area (Å²) >= 11 is 0. The summed E-state index contributed by atoms with van der Waals surface area (Å²) in [5, 5.41) is 0. The van der Waals surface area contributed by atoms with E-state index in [4.69, 9.17) is 0 Å². The van der Waals surface area contributed by atoms with E-state index in [1.165, 1.54) is 22.3 Å². The van der Waals surface area contributed by atoms with Gasteiger partial charge in [0.25, 0.3) is 0 Å². The van der Waals surface area contributed by atoms with Gasteiger partial charge in [-0.2, -0.15) is 0 Å². The highest BCUT2D eigenvalue weighted by Crippen LogP contribution is 2.33. The average molecular weight is 287 g/mol. The van der Waals surface area contributed by atoms with E-state index in [-0.39, 0.29) is 5.41 Å². The molecule has 0 atom stereocenters. The Bertz CT molecular complexity index is 773. The van der Waals surface area contributed by atoms with E-state index in [0.29, 0.717) is 0 Å². The Balaban J connectivity index is 2.05. The molecule has 3 aromatic rings. The number of hydrogen-bond acceptors (Lipinski definition) is 1. The third-order valence-corrected chi connectivity index (χ3v) is 4.29. The van der Waals surface area contributed by atoms with E-state index in [2.05, 4.69) is 86.4 Å². The molecule has 0 saturated carbocycles. The number of rotatable bonds is 3. The molecule has 0 aliphatic carbocycles. The minimum absolute atomic E-state index is 0.0267. The zero-order chi connectivity index (χ0) is 15.6. The van der Waals surface area contributed by atoms with Crippen LogP contribution in [0.25, 0.3) is 11.3 Å². The molecule has 0 spiro atoms. The number of hydrogen-bond donors (Lipinski definition) is 0. The Morgan fingerprint density at radius 2 is 1.50 bits per heavy atom. The van der Waals surface area contributed by atoms with Crippen molar-refractivity contribution in [3.63, 3.8) is 0 Å². The normalized spacial score (nSPS) is 11.4. The fourth-order valence-electron chi connectivity index (χ4n) is 2.78. The van der Waals surface area contributed by atoms with Crippen LogP contribution in [0.1, 0.15) is 30.5 Å². The summed E-state index contributed by atoms with van der Waals surface area (Å²) in [7, 11) is 0. The molecule has 0 bridgehead atoms. The zero-order valence-electron chi connectivity index (χ0n) is 13.4. The minimum atomic E-state index is -0.0267. The molecule has 1 heterocycles. The SMILES string of the molecule is Cc1ccnc(-c2cccc(C(C)(C)c3ccccc3)c2)c1. The molecule has 1 aromatic heterocycles. The Morgan fingerprint density at radius 3 is 2.23 bits per heavy atom. The number of nitrogens with zero attached hydrogens (tertiary/aromatic N) is 1. The Morgan fingerprint density at radius 1 is 0.773 bits per heavy atom. The standard InChI is InChI=1S/C21H21N/c1-16-12-13-22-20(14-16)17-8-7-11-19(15-17)21(2,3)18-9-5-4-6-10-18/h4-15H,1-3H3. The quantitative estimate of drug-likeness (QED) is 0.630. The van der Waals surface area contributed by atoms with E-state index in [1.807, 2.05) is 12.3 Å². The molecular weight excluding hydrogens is 266 g/mol. The molecule has 0 radical (unpaired) electrons. The topological polar surface area (TPSA) is 12.9 Å². The second-order valence-corrected chi connectivity index (χ2v) is 6.29. The van der Waals surface area contributed by atoms with Gasteiger partial charge in [0.15, 0.2) is 0 Å². The van der Waals surface area contributed by atoms with Crippen LogP contribution >= 0.6 is 0 Å². The summed E-state index contributed by atoms with van der Waals surface area (Å²) in [5.74, 6) is 0. The molecule has 0 aliphatic rings. The van der Waals surface area contributed by atoms with Gasteiger partial charge in [-0.3, -0.25) is 4.98 Å². The van der Waals surface area contributed by atoms with E-state index in [1.54, 1.807) is 0 Å². The summed E-state index contributed by atoms with van der Waals surface area (Å²) in [6.45, 7) is 6.64. The molecule has 1 nitrogen and oxygen atoms in total. The molecule has 2 aromatic carbocycles. The van der Waals surface area contributed by atoms with Gasteiger partial charge in [-0.15, -0.1) is 0 Å². The van der Waals surface area contributed by atoms with E-state index in [0.717, 1.165) is 5.69 Å². The van der Waals surface area contributed by atoms with Crippen LogP contribution in [0.5, 0.6) is 0 Å². The van der Waals surface area contributed by atoms with Crippen LogP contribution in [0.3, 0.4) is 0 Å². The average Bonchev–Trinajstić information content (AvgIpc) is 2.56.